The summed E-state index contributed by atoms with van der Waals surface area (Å²) in [5.74, 6) is -1.10. The molecule has 0 saturated heterocycles. The van der Waals surface area contributed by atoms with Crippen molar-refractivity contribution in [2.24, 2.45) is 0 Å². The lowest BCUT2D eigenvalue weighted by Crippen LogP contribution is -2.16. The van der Waals surface area contributed by atoms with Crippen molar-refractivity contribution >= 4 is 23.2 Å². The molecule has 8 heteroatoms. The number of anilines is 2. The second kappa shape index (κ2) is 8.83. The van der Waals surface area contributed by atoms with E-state index in [0.29, 0.717) is 5.56 Å². The van der Waals surface area contributed by atoms with Crippen LogP contribution in [0.5, 0.6) is 11.5 Å². The van der Waals surface area contributed by atoms with Gasteiger partial charge in [0, 0.05) is 18.0 Å². The summed E-state index contributed by atoms with van der Waals surface area (Å²) in [6, 6.07) is 11.9. The molecule has 0 atom stereocenters. The maximum Gasteiger partial charge on any atom is 0.257 e. The van der Waals surface area contributed by atoms with Crippen molar-refractivity contribution in [3.8, 4) is 11.5 Å². The van der Waals surface area contributed by atoms with Crippen LogP contribution in [0.3, 0.4) is 0 Å². The Kier molecular flexibility index (Phi) is 6.03. The molecule has 29 heavy (non-hydrogen) atoms. The predicted molar refractivity (Wildman–Crippen MR) is 106 cm³/mol. The van der Waals surface area contributed by atoms with E-state index in [1.165, 1.54) is 50.7 Å². The Balaban J connectivity index is 1.94. The fourth-order valence-corrected chi connectivity index (χ4v) is 2.64. The van der Waals surface area contributed by atoms with Gasteiger partial charge >= 0.3 is 0 Å². The summed E-state index contributed by atoms with van der Waals surface area (Å²) in [4.78, 5) is 29.1. The molecule has 3 aromatic rings. The average Bonchev–Trinajstić information content (AvgIpc) is 2.75. The molecule has 0 radical (unpaired) electrons. The van der Waals surface area contributed by atoms with Gasteiger partial charge in [-0.05, 0) is 36.4 Å². The van der Waals surface area contributed by atoms with E-state index >= 15 is 0 Å². The number of benzene rings is 2. The molecule has 1 heterocycles. The molecule has 0 spiro atoms. The first-order chi connectivity index (χ1) is 14.0. The number of halogens is 1. The zero-order valence-corrected chi connectivity index (χ0v) is 15.7. The van der Waals surface area contributed by atoms with Crippen molar-refractivity contribution in [3.05, 3.63) is 77.9 Å². The number of rotatable bonds is 6. The van der Waals surface area contributed by atoms with Gasteiger partial charge < -0.3 is 20.1 Å². The molecular formula is C21H18FN3O4. The van der Waals surface area contributed by atoms with Gasteiger partial charge in [0.25, 0.3) is 11.8 Å². The van der Waals surface area contributed by atoms with E-state index in [1.54, 1.807) is 24.4 Å². The first-order valence-electron chi connectivity index (χ1n) is 8.56. The number of amides is 2. The molecule has 1 aromatic heterocycles. The maximum absolute atomic E-state index is 13.8. The van der Waals surface area contributed by atoms with Gasteiger partial charge in [0.2, 0.25) is 0 Å². The predicted octanol–water partition coefficient (Wildman–Crippen LogP) is 3.74. The van der Waals surface area contributed by atoms with E-state index in [1.807, 2.05) is 0 Å². The molecule has 3 rings (SSSR count). The van der Waals surface area contributed by atoms with Gasteiger partial charge in [-0.1, -0.05) is 12.1 Å². The number of para-hydroxylation sites is 1. The van der Waals surface area contributed by atoms with Crippen molar-refractivity contribution in [1.29, 1.82) is 0 Å². The van der Waals surface area contributed by atoms with Crippen LogP contribution in [0.25, 0.3) is 0 Å². The van der Waals surface area contributed by atoms with Crippen molar-refractivity contribution < 1.29 is 23.5 Å². The zero-order valence-electron chi connectivity index (χ0n) is 15.7. The van der Waals surface area contributed by atoms with Gasteiger partial charge in [-0.15, -0.1) is 0 Å². The summed E-state index contributed by atoms with van der Waals surface area (Å²) in [6.07, 6.45) is 2.96. The van der Waals surface area contributed by atoms with Crippen molar-refractivity contribution in [2.75, 3.05) is 24.9 Å². The van der Waals surface area contributed by atoms with Crippen LogP contribution < -0.4 is 20.1 Å². The number of hydrogen-bond acceptors (Lipinski definition) is 5. The highest BCUT2D eigenvalue weighted by molar-refractivity contribution is 6.08. The van der Waals surface area contributed by atoms with Crippen LogP contribution in [-0.4, -0.2) is 31.0 Å². The number of methoxy groups -OCH3 is 2. The number of ether oxygens (including phenoxy) is 2. The Morgan fingerprint density at radius 3 is 2.28 bits per heavy atom. The van der Waals surface area contributed by atoms with Crippen molar-refractivity contribution in [1.82, 2.24) is 4.98 Å². The topological polar surface area (TPSA) is 89.6 Å². The van der Waals surface area contributed by atoms with E-state index in [0.717, 1.165) is 0 Å². The highest BCUT2D eigenvalue weighted by atomic mass is 19.1. The molecule has 0 bridgehead atoms. The number of nitrogens with zero attached hydrogens (tertiary/aromatic N) is 1. The molecule has 148 valence electrons. The van der Waals surface area contributed by atoms with Gasteiger partial charge in [0.05, 0.1) is 31.2 Å². The lowest BCUT2D eigenvalue weighted by Gasteiger charge is -2.16. The Hall–Kier alpha value is -3.94. The summed E-state index contributed by atoms with van der Waals surface area (Å²) >= 11 is 0. The smallest absolute Gasteiger partial charge is 0.257 e. The number of carbonyl (C=O) groups is 2. The lowest BCUT2D eigenvalue weighted by molar-refractivity contribution is 0.101. The van der Waals surface area contributed by atoms with E-state index in [9.17, 15) is 14.0 Å². The second-order valence-corrected chi connectivity index (χ2v) is 5.89. The minimum Gasteiger partial charge on any atom is -0.493 e. The molecule has 2 aromatic carbocycles. The van der Waals surface area contributed by atoms with E-state index in [-0.39, 0.29) is 28.4 Å². The molecule has 2 N–H and O–H groups in total. The van der Waals surface area contributed by atoms with Crippen molar-refractivity contribution in [2.45, 2.75) is 0 Å². The molecule has 0 aliphatic carbocycles. The first-order valence-corrected chi connectivity index (χ1v) is 8.56. The first kappa shape index (κ1) is 19.8. The minimum absolute atomic E-state index is 0.0354. The third kappa shape index (κ3) is 4.49. The zero-order chi connectivity index (χ0) is 20.8. The Morgan fingerprint density at radius 1 is 0.897 bits per heavy atom. The van der Waals surface area contributed by atoms with Crippen LogP contribution in [0.1, 0.15) is 20.7 Å². The van der Waals surface area contributed by atoms with Crippen LogP contribution in [0.2, 0.25) is 0 Å². The van der Waals surface area contributed by atoms with E-state index < -0.39 is 17.6 Å². The van der Waals surface area contributed by atoms with Gasteiger partial charge in [-0.3, -0.25) is 14.6 Å². The van der Waals surface area contributed by atoms with Gasteiger partial charge in [-0.2, -0.15) is 0 Å². The molecular weight excluding hydrogens is 377 g/mol. The Bertz CT molecular complexity index is 1040. The van der Waals surface area contributed by atoms with Crippen LogP contribution in [0.15, 0.2) is 60.9 Å². The quantitative estimate of drug-likeness (QED) is 0.664. The summed E-state index contributed by atoms with van der Waals surface area (Å²) in [5.41, 5.74) is 0.731. The summed E-state index contributed by atoms with van der Waals surface area (Å²) in [7, 11) is 2.82. The normalized spacial score (nSPS) is 10.2. The number of hydrogen-bond donors (Lipinski definition) is 2. The summed E-state index contributed by atoms with van der Waals surface area (Å²) in [6.45, 7) is 0. The molecule has 7 nitrogen and oxygen atoms in total. The second-order valence-electron chi connectivity index (χ2n) is 5.89. The molecule has 0 aliphatic heterocycles. The third-order valence-electron chi connectivity index (χ3n) is 4.04. The van der Waals surface area contributed by atoms with Gasteiger partial charge in [0.15, 0.2) is 11.5 Å². The van der Waals surface area contributed by atoms with Crippen LogP contribution in [0.4, 0.5) is 15.8 Å². The molecule has 0 unspecified atom stereocenters. The molecule has 0 fully saturated rings. The highest BCUT2D eigenvalue weighted by Gasteiger charge is 2.19. The Morgan fingerprint density at radius 2 is 1.62 bits per heavy atom. The fraction of sp³-hybridized carbons (Fsp3) is 0.0952. The van der Waals surface area contributed by atoms with E-state index in [4.69, 9.17) is 9.47 Å². The lowest BCUT2D eigenvalue weighted by atomic mass is 10.1. The molecule has 0 aliphatic rings. The average molecular weight is 395 g/mol. The third-order valence-corrected chi connectivity index (χ3v) is 4.04. The van der Waals surface area contributed by atoms with E-state index in [2.05, 4.69) is 15.6 Å². The largest absolute Gasteiger partial charge is 0.493 e. The van der Waals surface area contributed by atoms with Crippen molar-refractivity contribution in [3.63, 3.8) is 0 Å². The number of carbonyl (C=O) groups excluding carboxylic acids is 2. The maximum atomic E-state index is 13.8. The van der Waals surface area contributed by atoms with Crippen LogP contribution >= 0.6 is 0 Å². The molecule has 0 saturated carbocycles. The SMILES string of the molecule is COc1cc(C(=O)Nc2ccccc2F)cc(NC(=O)c2cccnc2)c1OC. The standard InChI is InChI=1S/C21H18FN3O4/c1-28-18-11-14(21(27)24-16-8-4-3-7-15(16)22)10-17(19(18)29-2)25-20(26)13-6-5-9-23-12-13/h3-12H,1-2H3,(H,24,27)(H,25,26). The number of nitrogens with one attached hydrogen (secondary N) is 2. The summed E-state index contributed by atoms with van der Waals surface area (Å²) < 4.78 is 24.5. The van der Waals surface area contributed by atoms with Crippen LogP contribution in [0, 0.1) is 5.82 Å². The van der Waals surface area contributed by atoms with Gasteiger partial charge in [-0.25, -0.2) is 4.39 Å². The summed E-state index contributed by atoms with van der Waals surface area (Å²) in [5, 5.41) is 5.18. The molecule has 2 amide bonds. The highest BCUT2D eigenvalue weighted by Crippen LogP contribution is 2.37. The fourth-order valence-electron chi connectivity index (χ4n) is 2.64. The van der Waals surface area contributed by atoms with Gasteiger partial charge in [0.1, 0.15) is 5.82 Å². The Labute approximate surface area is 166 Å². The monoisotopic (exact) mass is 395 g/mol. The minimum atomic E-state index is -0.576. The number of aromatic nitrogens is 1. The number of pyridine rings is 1. The van der Waals surface area contributed by atoms with Crippen LogP contribution in [-0.2, 0) is 0 Å².